The highest BCUT2D eigenvalue weighted by molar-refractivity contribution is 5.76. The Bertz CT molecular complexity index is 248. The summed E-state index contributed by atoms with van der Waals surface area (Å²) in [6.07, 6.45) is 4.76. The van der Waals surface area contributed by atoms with Gasteiger partial charge < -0.3 is 0 Å². The van der Waals surface area contributed by atoms with Gasteiger partial charge in [-0.25, -0.2) is 0 Å². The van der Waals surface area contributed by atoms with Gasteiger partial charge in [0, 0.05) is 31.6 Å². The molecule has 0 radical (unpaired) electrons. The molecule has 0 N–H and O–H groups in total. The minimum absolute atomic E-state index is 0.317. The molecule has 0 amide bonds. The Morgan fingerprint density at radius 2 is 2.00 bits per heavy atom. The van der Waals surface area contributed by atoms with Gasteiger partial charge in [0.15, 0.2) is 0 Å². The number of rotatable bonds is 4. The van der Waals surface area contributed by atoms with Crippen molar-refractivity contribution in [1.29, 1.82) is 0 Å². The van der Waals surface area contributed by atoms with E-state index in [0.717, 1.165) is 6.04 Å². The third-order valence-electron chi connectivity index (χ3n) is 4.06. The van der Waals surface area contributed by atoms with Crippen LogP contribution < -0.4 is 0 Å². The summed E-state index contributed by atoms with van der Waals surface area (Å²) in [5.74, 6) is 0.317. The van der Waals surface area contributed by atoms with Gasteiger partial charge in [0.25, 0.3) is 0 Å². The number of likely N-dealkylation sites (tertiary alicyclic amines) is 2. The van der Waals surface area contributed by atoms with E-state index in [1.165, 1.54) is 45.4 Å². The third kappa shape index (κ3) is 2.83. The van der Waals surface area contributed by atoms with Crippen LogP contribution in [0.15, 0.2) is 0 Å². The van der Waals surface area contributed by atoms with E-state index in [1.54, 1.807) is 6.92 Å². The first-order chi connectivity index (χ1) is 7.66. The van der Waals surface area contributed by atoms with Crippen LogP contribution in [-0.4, -0.2) is 53.8 Å². The largest absolute Gasteiger partial charge is 0.300 e. The molecule has 2 heterocycles. The van der Waals surface area contributed by atoms with E-state index in [9.17, 15) is 4.79 Å². The minimum atomic E-state index is 0.317. The van der Waals surface area contributed by atoms with Gasteiger partial charge in [-0.05, 0) is 46.2 Å². The van der Waals surface area contributed by atoms with Crippen LogP contribution in [-0.2, 0) is 4.79 Å². The molecular formula is C13H24N2O. The summed E-state index contributed by atoms with van der Waals surface area (Å²) in [7, 11) is 0. The highest BCUT2D eigenvalue weighted by Crippen LogP contribution is 2.22. The maximum absolute atomic E-state index is 11.1. The van der Waals surface area contributed by atoms with Crippen LogP contribution in [0.1, 0.15) is 39.5 Å². The smallest absolute Gasteiger partial charge is 0.131 e. The van der Waals surface area contributed by atoms with Crippen molar-refractivity contribution in [3.63, 3.8) is 0 Å². The van der Waals surface area contributed by atoms with Gasteiger partial charge in [0.05, 0.1) is 0 Å². The summed E-state index contributed by atoms with van der Waals surface area (Å²) >= 11 is 0. The van der Waals surface area contributed by atoms with E-state index in [-0.39, 0.29) is 0 Å². The molecule has 0 spiro atoms. The molecule has 0 aromatic heterocycles. The molecule has 0 bridgehead atoms. The Hall–Kier alpha value is -0.410. The number of ketones is 1. The zero-order valence-corrected chi connectivity index (χ0v) is 10.6. The molecule has 16 heavy (non-hydrogen) atoms. The number of hydrogen-bond acceptors (Lipinski definition) is 3. The first-order valence-corrected chi connectivity index (χ1v) is 6.64. The molecule has 3 heteroatoms. The average Bonchev–Trinajstić information content (AvgIpc) is 2.87. The van der Waals surface area contributed by atoms with Crippen molar-refractivity contribution < 1.29 is 4.79 Å². The third-order valence-corrected chi connectivity index (χ3v) is 4.06. The molecule has 0 aromatic carbocycles. The van der Waals surface area contributed by atoms with Crippen LogP contribution in [0.25, 0.3) is 0 Å². The van der Waals surface area contributed by atoms with E-state index >= 15 is 0 Å². The molecule has 2 unspecified atom stereocenters. The number of nitrogens with zero attached hydrogens (tertiary/aromatic N) is 2. The van der Waals surface area contributed by atoms with Gasteiger partial charge >= 0.3 is 0 Å². The SMILES string of the molecule is CC(=O)CC(C)N1CCC(N2CCCC2)C1. The molecule has 2 fully saturated rings. The van der Waals surface area contributed by atoms with Crippen molar-refractivity contribution in [1.82, 2.24) is 9.80 Å². The van der Waals surface area contributed by atoms with Crippen molar-refractivity contribution >= 4 is 5.78 Å². The molecule has 2 atom stereocenters. The average molecular weight is 224 g/mol. The van der Waals surface area contributed by atoms with E-state index in [4.69, 9.17) is 0 Å². The van der Waals surface area contributed by atoms with Gasteiger partial charge in [0.1, 0.15) is 5.78 Å². The predicted octanol–water partition coefficient (Wildman–Crippen LogP) is 1.52. The molecule has 2 aliphatic heterocycles. The fraction of sp³-hybridized carbons (Fsp3) is 0.923. The fourth-order valence-corrected chi connectivity index (χ4v) is 3.12. The van der Waals surface area contributed by atoms with Gasteiger partial charge in [-0.1, -0.05) is 0 Å². The van der Waals surface area contributed by atoms with Crippen molar-refractivity contribution in [3.05, 3.63) is 0 Å². The Morgan fingerprint density at radius 1 is 1.31 bits per heavy atom. The van der Waals surface area contributed by atoms with Crippen LogP contribution in [0, 0.1) is 0 Å². The molecule has 0 saturated carbocycles. The normalized spacial score (nSPS) is 29.8. The summed E-state index contributed by atoms with van der Waals surface area (Å²) in [6.45, 7) is 8.82. The van der Waals surface area contributed by atoms with Gasteiger partial charge in [-0.2, -0.15) is 0 Å². The standard InChI is InChI=1S/C13H24N2O/c1-11(9-12(2)16)15-8-5-13(10-15)14-6-3-4-7-14/h11,13H,3-10H2,1-2H3. The van der Waals surface area contributed by atoms with Crippen LogP contribution in [0.2, 0.25) is 0 Å². The molecular weight excluding hydrogens is 200 g/mol. The quantitative estimate of drug-likeness (QED) is 0.723. The van der Waals surface area contributed by atoms with Crippen molar-refractivity contribution in [2.75, 3.05) is 26.2 Å². The second kappa shape index (κ2) is 5.28. The van der Waals surface area contributed by atoms with Gasteiger partial charge in [0.2, 0.25) is 0 Å². The minimum Gasteiger partial charge on any atom is -0.300 e. The highest BCUT2D eigenvalue weighted by Gasteiger charge is 2.31. The lowest BCUT2D eigenvalue weighted by atomic mass is 10.1. The zero-order valence-electron chi connectivity index (χ0n) is 10.6. The van der Waals surface area contributed by atoms with Crippen LogP contribution >= 0.6 is 0 Å². The molecule has 0 aromatic rings. The van der Waals surface area contributed by atoms with Crippen LogP contribution in [0.3, 0.4) is 0 Å². The first-order valence-electron chi connectivity index (χ1n) is 6.64. The predicted molar refractivity (Wildman–Crippen MR) is 65.5 cm³/mol. The Balaban J connectivity index is 1.80. The summed E-state index contributed by atoms with van der Waals surface area (Å²) in [5, 5.41) is 0. The maximum Gasteiger partial charge on any atom is 0.131 e. The lowest BCUT2D eigenvalue weighted by Gasteiger charge is -2.26. The first kappa shape index (κ1) is 12.1. The fourth-order valence-electron chi connectivity index (χ4n) is 3.12. The van der Waals surface area contributed by atoms with E-state index in [2.05, 4.69) is 16.7 Å². The molecule has 3 nitrogen and oxygen atoms in total. The summed E-state index contributed by atoms with van der Waals surface area (Å²) in [6, 6.07) is 1.20. The van der Waals surface area contributed by atoms with Crippen LogP contribution in [0.5, 0.6) is 0 Å². The lowest BCUT2D eigenvalue weighted by Crippen LogP contribution is -2.38. The van der Waals surface area contributed by atoms with Crippen molar-refractivity contribution in [2.45, 2.75) is 51.6 Å². The molecule has 92 valence electrons. The van der Waals surface area contributed by atoms with E-state index in [0.29, 0.717) is 18.2 Å². The number of Topliss-reactive ketones (excluding diaryl/α,β-unsaturated/α-hetero) is 1. The monoisotopic (exact) mass is 224 g/mol. The van der Waals surface area contributed by atoms with Crippen LogP contribution in [0.4, 0.5) is 0 Å². The number of hydrogen-bond donors (Lipinski definition) is 0. The molecule has 2 rings (SSSR count). The Labute approximate surface area is 98.8 Å². The topological polar surface area (TPSA) is 23.6 Å². The van der Waals surface area contributed by atoms with Crippen molar-refractivity contribution in [2.24, 2.45) is 0 Å². The number of carbonyl (C=O) groups excluding carboxylic acids is 1. The molecule has 2 aliphatic rings. The maximum atomic E-state index is 11.1. The number of carbonyl (C=O) groups is 1. The summed E-state index contributed by atoms with van der Waals surface area (Å²) in [5.41, 5.74) is 0. The zero-order chi connectivity index (χ0) is 11.5. The van der Waals surface area contributed by atoms with Crippen molar-refractivity contribution in [3.8, 4) is 0 Å². The van der Waals surface area contributed by atoms with E-state index in [1.807, 2.05) is 0 Å². The van der Waals surface area contributed by atoms with E-state index < -0.39 is 0 Å². The second-order valence-corrected chi connectivity index (χ2v) is 5.44. The Morgan fingerprint density at radius 3 is 2.62 bits per heavy atom. The molecule has 2 saturated heterocycles. The second-order valence-electron chi connectivity index (χ2n) is 5.44. The molecule has 0 aliphatic carbocycles. The lowest BCUT2D eigenvalue weighted by molar-refractivity contribution is -0.118. The Kier molecular flexibility index (Phi) is 3.98. The summed E-state index contributed by atoms with van der Waals surface area (Å²) in [4.78, 5) is 16.2. The highest BCUT2D eigenvalue weighted by atomic mass is 16.1. The van der Waals surface area contributed by atoms with Gasteiger partial charge in [-0.15, -0.1) is 0 Å². The summed E-state index contributed by atoms with van der Waals surface area (Å²) < 4.78 is 0. The van der Waals surface area contributed by atoms with Gasteiger partial charge in [-0.3, -0.25) is 14.6 Å².